The van der Waals surface area contributed by atoms with Gasteiger partial charge in [0.15, 0.2) is 0 Å². The molecule has 140 valence electrons. The Bertz CT molecular complexity index is 1130. The number of H-pyrrole nitrogens is 1. The van der Waals surface area contributed by atoms with Crippen LogP contribution in [0.25, 0.3) is 33.1 Å². The second kappa shape index (κ2) is 7.96. The summed E-state index contributed by atoms with van der Waals surface area (Å²) >= 11 is 7.55. The lowest BCUT2D eigenvalue weighted by molar-refractivity contribution is -0.136. The van der Waals surface area contributed by atoms with E-state index in [1.54, 1.807) is 17.5 Å². The Hall–Kier alpha value is -2.96. The van der Waals surface area contributed by atoms with Gasteiger partial charge in [-0.05, 0) is 42.3 Å². The molecule has 4 rings (SSSR count). The Kier molecular flexibility index (Phi) is 5.23. The topological polar surface area (TPSA) is 78.9 Å². The monoisotopic (exact) mass is 409 g/mol. The minimum absolute atomic E-state index is 0.0376. The van der Waals surface area contributed by atoms with Crippen molar-refractivity contribution < 1.29 is 9.90 Å². The minimum Gasteiger partial charge on any atom is -0.481 e. The van der Waals surface area contributed by atoms with Gasteiger partial charge in [-0.25, -0.2) is 4.98 Å². The number of aliphatic carboxylic acids is 1. The Morgan fingerprint density at radius 1 is 1.14 bits per heavy atom. The summed E-state index contributed by atoms with van der Waals surface area (Å²) in [7, 11) is 0. The van der Waals surface area contributed by atoms with Crippen molar-refractivity contribution in [3.63, 3.8) is 0 Å². The predicted molar refractivity (Wildman–Crippen MR) is 113 cm³/mol. The molecule has 0 aliphatic heterocycles. The molecule has 28 heavy (non-hydrogen) atoms. The van der Waals surface area contributed by atoms with Gasteiger partial charge in [0.2, 0.25) is 0 Å². The van der Waals surface area contributed by atoms with E-state index in [0.717, 1.165) is 37.6 Å². The van der Waals surface area contributed by atoms with E-state index in [1.807, 2.05) is 54.6 Å². The number of aromatic amines is 1. The SMILES string of the molecule is O=C(O)CCC(=Cc1cn[nH]c1-c1ccc(Cl)cc1)c1nc2ccccc2s1. The number of carbonyl (C=O) groups is 1. The summed E-state index contributed by atoms with van der Waals surface area (Å²) in [5.41, 5.74) is 4.47. The maximum absolute atomic E-state index is 11.2. The third kappa shape index (κ3) is 3.98. The van der Waals surface area contributed by atoms with E-state index >= 15 is 0 Å². The van der Waals surface area contributed by atoms with Gasteiger partial charge in [-0.1, -0.05) is 35.9 Å². The standard InChI is InChI=1S/C21H16ClN3O2S/c22-16-8-5-13(6-9-16)20-15(12-23-25-20)11-14(7-10-19(26)27)21-24-17-3-1-2-4-18(17)28-21/h1-6,8-9,11-12H,7,10H2,(H,23,25)(H,26,27). The molecule has 0 spiro atoms. The minimum atomic E-state index is -0.836. The Labute approximate surface area is 170 Å². The number of thiazole rings is 1. The van der Waals surface area contributed by atoms with Crippen LogP contribution in [0.15, 0.2) is 54.7 Å². The van der Waals surface area contributed by atoms with Crippen LogP contribution in [0.1, 0.15) is 23.4 Å². The van der Waals surface area contributed by atoms with Crippen molar-refractivity contribution in [2.45, 2.75) is 12.8 Å². The highest BCUT2D eigenvalue weighted by Gasteiger charge is 2.13. The summed E-state index contributed by atoms with van der Waals surface area (Å²) < 4.78 is 1.07. The Balaban J connectivity index is 1.76. The summed E-state index contributed by atoms with van der Waals surface area (Å²) in [6.45, 7) is 0. The van der Waals surface area contributed by atoms with Crippen LogP contribution in [-0.4, -0.2) is 26.3 Å². The molecular weight excluding hydrogens is 394 g/mol. The molecule has 5 nitrogen and oxygen atoms in total. The molecule has 2 heterocycles. The number of fused-ring (bicyclic) bond motifs is 1. The average Bonchev–Trinajstić information content (AvgIpc) is 3.32. The molecule has 4 aromatic rings. The zero-order valence-electron chi connectivity index (χ0n) is 14.7. The van der Waals surface area contributed by atoms with Crippen molar-refractivity contribution in [2.24, 2.45) is 0 Å². The summed E-state index contributed by atoms with van der Waals surface area (Å²) in [6, 6.07) is 15.4. The van der Waals surface area contributed by atoms with Gasteiger partial charge in [0.1, 0.15) is 5.01 Å². The van der Waals surface area contributed by atoms with E-state index in [1.165, 1.54) is 0 Å². The van der Waals surface area contributed by atoms with Crippen molar-refractivity contribution in [2.75, 3.05) is 0 Å². The van der Waals surface area contributed by atoms with Crippen molar-refractivity contribution in [1.29, 1.82) is 0 Å². The van der Waals surface area contributed by atoms with Gasteiger partial charge in [0.05, 0.1) is 22.1 Å². The molecule has 2 aromatic heterocycles. The molecule has 0 aliphatic carbocycles. The molecule has 0 fully saturated rings. The fraction of sp³-hybridized carbons (Fsp3) is 0.0952. The number of para-hydroxylation sites is 1. The smallest absolute Gasteiger partial charge is 0.303 e. The number of nitrogens with zero attached hydrogens (tertiary/aromatic N) is 2. The normalized spacial score (nSPS) is 11.8. The van der Waals surface area contributed by atoms with Gasteiger partial charge in [0, 0.05) is 22.6 Å². The number of rotatable bonds is 6. The molecule has 2 aromatic carbocycles. The summed E-state index contributed by atoms with van der Waals surface area (Å²) in [4.78, 5) is 15.8. The van der Waals surface area contributed by atoms with Crippen molar-refractivity contribution >= 4 is 50.8 Å². The average molecular weight is 410 g/mol. The maximum Gasteiger partial charge on any atom is 0.303 e. The summed E-state index contributed by atoms with van der Waals surface area (Å²) in [5.74, 6) is -0.836. The lowest BCUT2D eigenvalue weighted by atomic mass is 10.0. The lowest BCUT2D eigenvalue weighted by Gasteiger charge is -2.04. The van der Waals surface area contributed by atoms with Crippen molar-refractivity contribution in [1.82, 2.24) is 15.2 Å². The molecule has 7 heteroatoms. The van der Waals surface area contributed by atoms with Gasteiger partial charge < -0.3 is 5.11 Å². The first-order chi connectivity index (χ1) is 13.6. The number of hydrogen-bond donors (Lipinski definition) is 2. The first kappa shape index (κ1) is 18.4. The van der Waals surface area contributed by atoms with Gasteiger partial charge in [0.25, 0.3) is 0 Å². The van der Waals surface area contributed by atoms with E-state index in [-0.39, 0.29) is 6.42 Å². The molecule has 0 atom stereocenters. The van der Waals surface area contributed by atoms with Crippen LogP contribution in [-0.2, 0) is 4.79 Å². The van der Waals surface area contributed by atoms with Crippen LogP contribution in [0.2, 0.25) is 5.02 Å². The van der Waals surface area contributed by atoms with Crippen LogP contribution in [0.5, 0.6) is 0 Å². The number of allylic oxidation sites excluding steroid dienone is 1. The number of benzene rings is 2. The van der Waals surface area contributed by atoms with Gasteiger partial charge >= 0.3 is 5.97 Å². The zero-order chi connectivity index (χ0) is 19.5. The maximum atomic E-state index is 11.2. The third-order valence-electron chi connectivity index (χ3n) is 4.31. The number of carboxylic acid groups (broad SMARTS) is 1. The summed E-state index contributed by atoms with van der Waals surface area (Å²) in [6.07, 6.45) is 4.13. The Morgan fingerprint density at radius 3 is 2.68 bits per heavy atom. The molecule has 0 amide bonds. The van der Waals surface area contributed by atoms with Crippen LogP contribution in [0.4, 0.5) is 0 Å². The lowest BCUT2D eigenvalue weighted by Crippen LogP contribution is -1.95. The fourth-order valence-electron chi connectivity index (χ4n) is 2.93. The molecule has 0 unspecified atom stereocenters. The molecule has 0 saturated carbocycles. The Morgan fingerprint density at radius 2 is 1.93 bits per heavy atom. The highest BCUT2D eigenvalue weighted by molar-refractivity contribution is 7.19. The van der Waals surface area contributed by atoms with Crippen molar-refractivity contribution in [3.05, 3.63) is 70.3 Å². The molecule has 0 saturated heterocycles. The van der Waals surface area contributed by atoms with E-state index in [2.05, 4.69) is 10.2 Å². The fourth-order valence-corrected chi connectivity index (χ4v) is 4.07. The van der Waals surface area contributed by atoms with Gasteiger partial charge in [-0.15, -0.1) is 11.3 Å². The molecular formula is C21H16ClN3O2S. The molecule has 0 bridgehead atoms. The molecule has 0 radical (unpaired) electrons. The highest BCUT2D eigenvalue weighted by atomic mass is 35.5. The second-order valence-corrected chi connectivity index (χ2v) is 7.72. The largest absolute Gasteiger partial charge is 0.481 e. The third-order valence-corrected chi connectivity index (χ3v) is 5.67. The number of halogens is 1. The zero-order valence-corrected chi connectivity index (χ0v) is 16.3. The summed E-state index contributed by atoms with van der Waals surface area (Å²) in [5, 5.41) is 17.8. The first-order valence-corrected chi connectivity index (χ1v) is 9.87. The van der Waals surface area contributed by atoms with Crippen molar-refractivity contribution in [3.8, 4) is 11.3 Å². The van der Waals surface area contributed by atoms with Crippen LogP contribution in [0.3, 0.4) is 0 Å². The van der Waals surface area contributed by atoms with Crippen LogP contribution >= 0.6 is 22.9 Å². The number of aromatic nitrogens is 3. The van der Waals surface area contributed by atoms with Gasteiger partial charge in [-0.2, -0.15) is 5.10 Å². The first-order valence-electron chi connectivity index (χ1n) is 8.68. The second-order valence-electron chi connectivity index (χ2n) is 6.26. The highest BCUT2D eigenvalue weighted by Crippen LogP contribution is 2.33. The van der Waals surface area contributed by atoms with Gasteiger partial charge in [-0.3, -0.25) is 9.89 Å². The van der Waals surface area contributed by atoms with E-state index < -0.39 is 5.97 Å². The number of hydrogen-bond acceptors (Lipinski definition) is 4. The van der Waals surface area contributed by atoms with E-state index in [4.69, 9.17) is 21.7 Å². The van der Waals surface area contributed by atoms with E-state index in [0.29, 0.717) is 11.4 Å². The van der Waals surface area contributed by atoms with E-state index in [9.17, 15) is 4.79 Å². The number of nitrogens with one attached hydrogen (secondary N) is 1. The molecule has 2 N–H and O–H groups in total. The van der Waals surface area contributed by atoms with Crippen LogP contribution in [0, 0.1) is 0 Å². The van der Waals surface area contributed by atoms with Crippen LogP contribution < -0.4 is 0 Å². The number of carboxylic acids is 1. The predicted octanol–water partition coefficient (Wildman–Crippen LogP) is 5.75. The molecule has 0 aliphatic rings. The quantitative estimate of drug-likeness (QED) is 0.425.